The molecule has 0 aromatic heterocycles. The van der Waals surface area contributed by atoms with Crippen molar-refractivity contribution in [3.8, 4) is 0 Å². The summed E-state index contributed by atoms with van der Waals surface area (Å²) < 4.78 is 0. The Bertz CT molecular complexity index is 2420. The molecule has 0 heterocycles. The average molecular weight is 849 g/mol. The van der Waals surface area contributed by atoms with Gasteiger partial charge < -0.3 is 10.6 Å². The van der Waals surface area contributed by atoms with E-state index in [-0.39, 0.29) is 0 Å². The molecule has 64 heavy (non-hydrogen) atoms. The highest BCUT2D eigenvalue weighted by molar-refractivity contribution is 5.78. The molecule has 8 rings (SSSR count). The fourth-order valence-corrected chi connectivity index (χ4v) is 11.0. The molecule has 4 aliphatic carbocycles. The lowest BCUT2D eigenvalue weighted by Crippen LogP contribution is -2.20. The Morgan fingerprint density at radius 1 is 0.531 bits per heavy atom. The monoisotopic (exact) mass is 849 g/mol. The molecular formula is C62H76N2. The van der Waals surface area contributed by atoms with Crippen LogP contribution in [0.3, 0.4) is 0 Å². The van der Waals surface area contributed by atoms with Crippen molar-refractivity contribution in [3.63, 3.8) is 0 Å². The number of hydrogen-bond acceptors (Lipinski definition) is 2. The number of unbranched alkanes of at least 4 members (excludes halogenated alkanes) is 6. The molecule has 0 saturated heterocycles. The molecule has 0 spiro atoms. The van der Waals surface area contributed by atoms with Gasteiger partial charge in [0.2, 0.25) is 0 Å². The van der Waals surface area contributed by atoms with E-state index in [9.17, 15) is 0 Å². The zero-order valence-electron chi connectivity index (χ0n) is 40.2. The predicted octanol–water partition coefficient (Wildman–Crippen LogP) is 19.0. The summed E-state index contributed by atoms with van der Waals surface area (Å²) in [5.41, 5.74) is 24.3. The molecule has 0 bridgehead atoms. The highest BCUT2D eigenvalue weighted by Gasteiger charge is 2.33. The van der Waals surface area contributed by atoms with Gasteiger partial charge >= 0.3 is 0 Å². The Kier molecular flexibility index (Phi) is 15.4. The smallest absolute Gasteiger partial charge is 0.0387 e. The minimum atomic E-state index is 0.567. The second-order valence-corrected chi connectivity index (χ2v) is 19.9. The first-order valence-corrected chi connectivity index (χ1v) is 25.5. The lowest BCUT2D eigenvalue weighted by atomic mass is 9.67. The maximum absolute atomic E-state index is 3.71. The lowest BCUT2D eigenvalue weighted by molar-refractivity contribution is 0.550. The van der Waals surface area contributed by atoms with Gasteiger partial charge in [-0.3, -0.25) is 0 Å². The standard InChI is InChI=1S/C62H76N2/c1-7-9-11-13-17-43(3)49-19-15-21-57(41-49)63-55-33-27-47(28-34-55)51-31-37-59-53(39-51)25-23-45(5)61(59)62-46(6)24-26-54-40-52(32-38-60(54)62)48-29-35-56(36-30-48)64-58-22-16-20-50(42-58)44(4)18-14-12-10-8-2/h15-16,19-22,27-31,33-37,40-44,53,63-64H,7-14,17-18,23-26,32,38-39H2,1-6H3. The average Bonchev–Trinajstić information content (AvgIpc) is 3.32. The van der Waals surface area contributed by atoms with Crippen LogP contribution >= 0.6 is 0 Å². The first-order valence-electron chi connectivity index (χ1n) is 25.5. The molecule has 3 unspecified atom stereocenters. The second-order valence-electron chi connectivity index (χ2n) is 19.9. The minimum absolute atomic E-state index is 0.567. The van der Waals surface area contributed by atoms with E-state index in [1.807, 2.05) is 0 Å². The fourth-order valence-electron chi connectivity index (χ4n) is 11.0. The molecule has 2 nitrogen and oxygen atoms in total. The van der Waals surface area contributed by atoms with Crippen LogP contribution in [0.5, 0.6) is 0 Å². The van der Waals surface area contributed by atoms with E-state index < -0.39 is 0 Å². The van der Waals surface area contributed by atoms with E-state index in [1.165, 1.54) is 122 Å². The molecule has 0 radical (unpaired) electrons. The zero-order valence-corrected chi connectivity index (χ0v) is 40.2. The molecule has 0 saturated carbocycles. The summed E-state index contributed by atoms with van der Waals surface area (Å²) in [7, 11) is 0. The van der Waals surface area contributed by atoms with Crippen LogP contribution in [0, 0.1) is 5.92 Å². The van der Waals surface area contributed by atoms with E-state index in [0.29, 0.717) is 17.8 Å². The summed E-state index contributed by atoms with van der Waals surface area (Å²) in [6.45, 7) is 14.2. The van der Waals surface area contributed by atoms with E-state index >= 15 is 0 Å². The van der Waals surface area contributed by atoms with Crippen LogP contribution in [-0.4, -0.2) is 0 Å². The van der Waals surface area contributed by atoms with E-state index in [2.05, 4.69) is 167 Å². The molecule has 334 valence electrons. The SMILES string of the molecule is CCCCCCC(C)c1cccc(Nc2ccc(C3=CC4=C(CC3)C(C3=C(C)CCC5CC(c6ccc(Nc7cccc(C(C)CCCCCC)c7)cc6)=CC=C35)=C(C)CC4)cc2)c1. The van der Waals surface area contributed by atoms with Gasteiger partial charge in [0, 0.05) is 22.7 Å². The Morgan fingerprint density at radius 3 is 1.67 bits per heavy atom. The van der Waals surface area contributed by atoms with Gasteiger partial charge in [0.15, 0.2) is 0 Å². The van der Waals surface area contributed by atoms with Crippen LogP contribution in [0.4, 0.5) is 22.7 Å². The van der Waals surface area contributed by atoms with Gasteiger partial charge in [-0.15, -0.1) is 0 Å². The number of benzene rings is 4. The number of nitrogens with one attached hydrogen (secondary N) is 2. The van der Waals surface area contributed by atoms with Crippen molar-refractivity contribution in [3.05, 3.63) is 177 Å². The zero-order chi connectivity index (χ0) is 44.4. The highest BCUT2D eigenvalue weighted by Crippen LogP contribution is 2.51. The number of allylic oxidation sites excluding steroid dienone is 12. The van der Waals surface area contributed by atoms with Gasteiger partial charge in [-0.05, 0) is 199 Å². The van der Waals surface area contributed by atoms with Gasteiger partial charge in [0.05, 0.1) is 0 Å². The number of fused-ring (bicyclic) bond motifs is 1. The van der Waals surface area contributed by atoms with Crippen LogP contribution in [-0.2, 0) is 0 Å². The number of rotatable bonds is 19. The Labute approximate surface area is 387 Å². The van der Waals surface area contributed by atoms with Crippen molar-refractivity contribution >= 4 is 33.9 Å². The van der Waals surface area contributed by atoms with Gasteiger partial charge in [-0.25, -0.2) is 0 Å². The van der Waals surface area contributed by atoms with Crippen LogP contribution in [0.15, 0.2) is 154 Å². The van der Waals surface area contributed by atoms with Crippen LogP contribution < -0.4 is 10.6 Å². The van der Waals surface area contributed by atoms with Crippen molar-refractivity contribution in [1.82, 2.24) is 0 Å². The molecule has 0 amide bonds. The largest absolute Gasteiger partial charge is 0.356 e. The van der Waals surface area contributed by atoms with Gasteiger partial charge in [-0.1, -0.05) is 157 Å². The maximum Gasteiger partial charge on any atom is 0.0387 e. The summed E-state index contributed by atoms with van der Waals surface area (Å²) >= 11 is 0. The molecule has 4 aromatic rings. The summed E-state index contributed by atoms with van der Waals surface area (Å²) in [5, 5.41) is 7.41. The molecular weight excluding hydrogens is 773 g/mol. The fraction of sp³-hybridized carbons (Fsp3) is 0.419. The first-order chi connectivity index (χ1) is 31.3. The van der Waals surface area contributed by atoms with Gasteiger partial charge in [0.1, 0.15) is 0 Å². The van der Waals surface area contributed by atoms with Crippen LogP contribution in [0.25, 0.3) is 11.1 Å². The van der Waals surface area contributed by atoms with Crippen molar-refractivity contribution in [2.24, 2.45) is 5.92 Å². The van der Waals surface area contributed by atoms with Crippen molar-refractivity contribution in [2.45, 2.75) is 163 Å². The summed E-state index contributed by atoms with van der Waals surface area (Å²) in [4.78, 5) is 0. The second kappa shape index (κ2) is 21.7. The summed E-state index contributed by atoms with van der Waals surface area (Å²) in [5.74, 6) is 1.75. The molecule has 4 aliphatic rings. The molecule has 3 atom stereocenters. The summed E-state index contributed by atoms with van der Waals surface area (Å²) in [6.07, 6.45) is 28.7. The van der Waals surface area contributed by atoms with Crippen molar-refractivity contribution < 1.29 is 0 Å². The Balaban J connectivity index is 0.935. The quantitative estimate of drug-likeness (QED) is 0.0919. The lowest BCUT2D eigenvalue weighted by Gasteiger charge is -2.37. The maximum atomic E-state index is 3.71. The van der Waals surface area contributed by atoms with Crippen molar-refractivity contribution in [2.75, 3.05) is 10.6 Å². The third-order valence-corrected chi connectivity index (χ3v) is 15.1. The normalized spacial score (nSPS) is 18.5. The van der Waals surface area contributed by atoms with Crippen LogP contribution in [0.1, 0.15) is 185 Å². The third-order valence-electron chi connectivity index (χ3n) is 15.1. The predicted molar refractivity (Wildman–Crippen MR) is 279 cm³/mol. The Hall–Kier alpha value is -5.08. The molecule has 2 heteroatoms. The number of anilines is 4. The molecule has 0 fully saturated rings. The molecule has 4 aromatic carbocycles. The third kappa shape index (κ3) is 11.0. The van der Waals surface area contributed by atoms with E-state index in [4.69, 9.17) is 0 Å². The first kappa shape index (κ1) is 45.5. The van der Waals surface area contributed by atoms with E-state index in [0.717, 1.165) is 43.5 Å². The molecule has 2 N–H and O–H groups in total. The van der Waals surface area contributed by atoms with Gasteiger partial charge in [-0.2, -0.15) is 0 Å². The van der Waals surface area contributed by atoms with Crippen LogP contribution in [0.2, 0.25) is 0 Å². The van der Waals surface area contributed by atoms with Crippen molar-refractivity contribution in [1.29, 1.82) is 0 Å². The number of hydrogen-bond donors (Lipinski definition) is 2. The highest BCUT2D eigenvalue weighted by atomic mass is 14.9. The topological polar surface area (TPSA) is 24.1 Å². The Morgan fingerprint density at radius 2 is 1.09 bits per heavy atom. The minimum Gasteiger partial charge on any atom is -0.356 e. The molecule has 0 aliphatic heterocycles. The summed E-state index contributed by atoms with van der Waals surface area (Å²) in [6, 6.07) is 36.5. The van der Waals surface area contributed by atoms with Gasteiger partial charge in [0.25, 0.3) is 0 Å². The van der Waals surface area contributed by atoms with E-state index in [1.54, 1.807) is 39.0 Å².